The van der Waals surface area contributed by atoms with Gasteiger partial charge in [0, 0.05) is 0 Å². The van der Waals surface area contributed by atoms with Gasteiger partial charge in [-0.3, -0.25) is 0 Å². The summed E-state index contributed by atoms with van der Waals surface area (Å²) in [7, 11) is 0. The van der Waals surface area contributed by atoms with Crippen LogP contribution >= 0.6 is 0 Å². The van der Waals surface area contributed by atoms with Gasteiger partial charge in [0.05, 0.1) is 0 Å². The Labute approximate surface area is 86.2 Å². The van der Waals surface area contributed by atoms with E-state index in [4.69, 9.17) is 0 Å². The van der Waals surface area contributed by atoms with Crippen molar-refractivity contribution in [3.8, 4) is 0 Å². The second-order valence-corrected chi connectivity index (χ2v) is 4.12. The molecule has 0 amide bonds. The third-order valence-electron chi connectivity index (χ3n) is 2.81. The molecule has 0 heterocycles. The van der Waals surface area contributed by atoms with E-state index in [1.165, 1.54) is 0 Å². The van der Waals surface area contributed by atoms with Gasteiger partial charge in [-0.05, 0) is 42.9 Å². The maximum Gasteiger partial charge on any atom is 0.129 e. The maximum absolute atomic E-state index is 13.8. The summed E-state index contributed by atoms with van der Waals surface area (Å²) in [6.45, 7) is 8.06. The number of benzene rings is 1. The first kappa shape index (κ1) is 11.2. The topological polar surface area (TPSA) is 0 Å². The lowest BCUT2D eigenvalue weighted by Gasteiger charge is -2.16. The minimum Gasteiger partial charge on any atom is -0.206 e. The third kappa shape index (κ3) is 2.14. The van der Waals surface area contributed by atoms with Crippen molar-refractivity contribution in [3.63, 3.8) is 0 Å². The standard InChI is InChI=1S/C13H19F/c1-5-6-9(2)12-10(3)7-8-11(4)13(12)14/h7-9H,5-6H2,1-4H3. The van der Waals surface area contributed by atoms with Gasteiger partial charge in [-0.15, -0.1) is 0 Å². The number of aryl methyl sites for hydroxylation is 2. The summed E-state index contributed by atoms with van der Waals surface area (Å²) in [6.07, 6.45) is 2.16. The molecule has 78 valence electrons. The summed E-state index contributed by atoms with van der Waals surface area (Å²) >= 11 is 0. The minimum atomic E-state index is -0.00838. The Morgan fingerprint density at radius 3 is 2.36 bits per heavy atom. The van der Waals surface area contributed by atoms with Gasteiger partial charge in [-0.25, -0.2) is 4.39 Å². The maximum atomic E-state index is 13.8. The summed E-state index contributed by atoms with van der Waals surface area (Å²) in [6, 6.07) is 3.87. The van der Waals surface area contributed by atoms with Crippen LogP contribution in [0.4, 0.5) is 4.39 Å². The molecule has 1 heteroatoms. The first-order valence-corrected chi connectivity index (χ1v) is 5.33. The average Bonchev–Trinajstić information content (AvgIpc) is 2.13. The zero-order valence-corrected chi connectivity index (χ0v) is 9.52. The van der Waals surface area contributed by atoms with Crippen molar-refractivity contribution in [3.05, 3.63) is 34.6 Å². The van der Waals surface area contributed by atoms with Crippen molar-refractivity contribution < 1.29 is 4.39 Å². The summed E-state index contributed by atoms with van der Waals surface area (Å²) in [5, 5.41) is 0. The predicted octanol–water partition coefficient (Wildman–Crippen LogP) is 4.35. The van der Waals surface area contributed by atoms with E-state index in [0.29, 0.717) is 5.92 Å². The summed E-state index contributed by atoms with van der Waals surface area (Å²) < 4.78 is 13.8. The van der Waals surface area contributed by atoms with Crippen LogP contribution in [0, 0.1) is 19.7 Å². The molecule has 0 spiro atoms. The van der Waals surface area contributed by atoms with Crippen LogP contribution in [0.15, 0.2) is 12.1 Å². The molecule has 0 saturated carbocycles. The Kier molecular flexibility index (Phi) is 3.68. The normalized spacial score (nSPS) is 12.9. The van der Waals surface area contributed by atoms with Crippen LogP contribution in [-0.2, 0) is 0 Å². The Balaban J connectivity index is 3.11. The van der Waals surface area contributed by atoms with Crippen LogP contribution in [0.2, 0.25) is 0 Å². The fraction of sp³-hybridized carbons (Fsp3) is 0.538. The van der Waals surface area contributed by atoms with E-state index in [1.807, 2.05) is 26.0 Å². The predicted molar refractivity (Wildman–Crippen MR) is 59.2 cm³/mol. The fourth-order valence-corrected chi connectivity index (χ4v) is 1.98. The van der Waals surface area contributed by atoms with E-state index < -0.39 is 0 Å². The van der Waals surface area contributed by atoms with E-state index in [-0.39, 0.29) is 5.82 Å². The first-order valence-electron chi connectivity index (χ1n) is 5.33. The zero-order valence-electron chi connectivity index (χ0n) is 9.52. The molecule has 1 rings (SSSR count). The van der Waals surface area contributed by atoms with Gasteiger partial charge in [-0.2, -0.15) is 0 Å². The Morgan fingerprint density at radius 1 is 1.21 bits per heavy atom. The molecule has 0 bridgehead atoms. The number of hydrogen-bond donors (Lipinski definition) is 0. The van der Waals surface area contributed by atoms with Gasteiger partial charge in [-0.1, -0.05) is 32.4 Å². The van der Waals surface area contributed by atoms with Crippen LogP contribution in [0.5, 0.6) is 0 Å². The van der Waals surface area contributed by atoms with Crippen LogP contribution in [0.3, 0.4) is 0 Å². The van der Waals surface area contributed by atoms with E-state index >= 15 is 0 Å². The van der Waals surface area contributed by atoms with Crippen LogP contribution in [-0.4, -0.2) is 0 Å². The van der Waals surface area contributed by atoms with E-state index in [0.717, 1.165) is 29.5 Å². The zero-order chi connectivity index (χ0) is 10.7. The molecule has 0 aliphatic carbocycles. The smallest absolute Gasteiger partial charge is 0.129 e. The second-order valence-electron chi connectivity index (χ2n) is 4.12. The molecule has 0 N–H and O–H groups in total. The molecular weight excluding hydrogens is 175 g/mol. The quantitative estimate of drug-likeness (QED) is 0.671. The molecular formula is C13H19F. The molecule has 1 aromatic rings. The van der Waals surface area contributed by atoms with Gasteiger partial charge in [0.15, 0.2) is 0 Å². The largest absolute Gasteiger partial charge is 0.206 e. The molecule has 0 radical (unpaired) electrons. The average molecular weight is 194 g/mol. The van der Waals surface area contributed by atoms with Crippen molar-refractivity contribution in [2.75, 3.05) is 0 Å². The summed E-state index contributed by atoms with van der Waals surface area (Å²) in [5.74, 6) is 0.325. The number of halogens is 1. The highest BCUT2D eigenvalue weighted by Crippen LogP contribution is 2.28. The highest BCUT2D eigenvalue weighted by Gasteiger charge is 2.14. The summed E-state index contributed by atoms with van der Waals surface area (Å²) in [4.78, 5) is 0. The lowest BCUT2D eigenvalue weighted by atomic mass is 9.91. The van der Waals surface area contributed by atoms with Gasteiger partial charge >= 0.3 is 0 Å². The fourth-order valence-electron chi connectivity index (χ4n) is 1.98. The van der Waals surface area contributed by atoms with Crippen molar-refractivity contribution in [1.82, 2.24) is 0 Å². The molecule has 14 heavy (non-hydrogen) atoms. The molecule has 1 atom stereocenters. The van der Waals surface area contributed by atoms with E-state index in [9.17, 15) is 4.39 Å². The molecule has 0 aromatic heterocycles. The summed E-state index contributed by atoms with van der Waals surface area (Å²) in [5.41, 5.74) is 2.74. The Bertz CT molecular complexity index is 315. The van der Waals surface area contributed by atoms with Crippen molar-refractivity contribution >= 4 is 0 Å². The molecule has 0 fully saturated rings. The molecule has 0 aliphatic heterocycles. The lowest BCUT2D eigenvalue weighted by molar-refractivity contribution is 0.561. The molecule has 1 unspecified atom stereocenters. The monoisotopic (exact) mass is 194 g/mol. The highest BCUT2D eigenvalue weighted by molar-refractivity contribution is 5.34. The van der Waals surface area contributed by atoms with Gasteiger partial charge in [0.1, 0.15) is 5.82 Å². The molecule has 1 aromatic carbocycles. The van der Waals surface area contributed by atoms with Gasteiger partial charge in [0.25, 0.3) is 0 Å². The van der Waals surface area contributed by atoms with E-state index in [2.05, 4.69) is 13.8 Å². The van der Waals surface area contributed by atoms with Gasteiger partial charge in [0.2, 0.25) is 0 Å². The molecule has 0 aliphatic rings. The Morgan fingerprint density at radius 2 is 1.79 bits per heavy atom. The van der Waals surface area contributed by atoms with Gasteiger partial charge < -0.3 is 0 Å². The Hall–Kier alpha value is -0.850. The van der Waals surface area contributed by atoms with E-state index in [1.54, 1.807) is 0 Å². The lowest BCUT2D eigenvalue weighted by Crippen LogP contribution is -2.02. The molecule has 0 saturated heterocycles. The third-order valence-corrected chi connectivity index (χ3v) is 2.81. The highest BCUT2D eigenvalue weighted by atomic mass is 19.1. The van der Waals surface area contributed by atoms with Crippen LogP contribution < -0.4 is 0 Å². The minimum absolute atomic E-state index is 0.00838. The second kappa shape index (κ2) is 4.59. The van der Waals surface area contributed by atoms with Crippen LogP contribution in [0.25, 0.3) is 0 Å². The SMILES string of the molecule is CCCC(C)c1c(C)ccc(C)c1F. The first-order chi connectivity index (χ1) is 6.57. The van der Waals surface area contributed by atoms with Crippen LogP contribution in [0.1, 0.15) is 49.3 Å². The van der Waals surface area contributed by atoms with Crippen molar-refractivity contribution in [2.45, 2.75) is 46.5 Å². The number of rotatable bonds is 3. The van der Waals surface area contributed by atoms with Crippen molar-refractivity contribution in [2.24, 2.45) is 0 Å². The molecule has 0 nitrogen and oxygen atoms in total. The number of hydrogen-bond acceptors (Lipinski definition) is 0. The van der Waals surface area contributed by atoms with Crippen molar-refractivity contribution in [1.29, 1.82) is 0 Å².